The van der Waals surface area contributed by atoms with Gasteiger partial charge in [-0.3, -0.25) is 4.79 Å². The number of unbranched alkanes of at least 4 members (excludes halogenated alkanes) is 1. The minimum absolute atomic E-state index is 0.246. The van der Waals surface area contributed by atoms with Crippen LogP contribution in [0.4, 0.5) is 0 Å². The average Bonchev–Trinajstić information content (AvgIpc) is 2.63. The van der Waals surface area contributed by atoms with Crippen molar-refractivity contribution in [2.75, 3.05) is 58.2 Å². The highest BCUT2D eigenvalue weighted by Crippen LogP contribution is 2.20. The molecule has 0 aromatic carbocycles. The van der Waals surface area contributed by atoms with Crippen molar-refractivity contribution in [3.63, 3.8) is 0 Å². The molecule has 7 heteroatoms. The first-order valence-electron chi connectivity index (χ1n) is 9.39. The molecule has 5 nitrogen and oxygen atoms in total. The van der Waals surface area contributed by atoms with Gasteiger partial charge in [-0.2, -0.15) is 0 Å². The van der Waals surface area contributed by atoms with Crippen molar-refractivity contribution in [1.82, 2.24) is 10.6 Å². The van der Waals surface area contributed by atoms with Gasteiger partial charge in [-0.15, -0.1) is 5.92 Å². The standard InChI is InChI=1S/C16H30N2O3S2.C3H8/c1-3-4-10-20-12-8-18-14-16(19)7-5-6-11-21-15-23-22-13-9-17-2;1-3-2/h17-18H,5-15H2,1-2H3;3H2,1-2H3. The molecular weight excluding hydrogens is 368 g/mol. The second-order valence-electron chi connectivity index (χ2n) is 5.43. The molecule has 0 heterocycles. The van der Waals surface area contributed by atoms with Crippen LogP contribution >= 0.6 is 21.6 Å². The van der Waals surface area contributed by atoms with Crippen molar-refractivity contribution in [1.29, 1.82) is 0 Å². The molecule has 0 aromatic heterocycles. The van der Waals surface area contributed by atoms with E-state index in [4.69, 9.17) is 9.47 Å². The van der Waals surface area contributed by atoms with E-state index in [1.807, 2.05) is 17.8 Å². The van der Waals surface area contributed by atoms with Gasteiger partial charge in [0.05, 0.1) is 13.2 Å². The van der Waals surface area contributed by atoms with Gasteiger partial charge < -0.3 is 20.1 Å². The minimum atomic E-state index is 0.246. The maximum absolute atomic E-state index is 11.6. The predicted molar refractivity (Wildman–Crippen MR) is 117 cm³/mol. The van der Waals surface area contributed by atoms with Gasteiger partial charge in [-0.25, -0.2) is 0 Å². The third-order valence-corrected chi connectivity index (χ3v) is 4.83. The molecule has 2 N–H and O–H groups in total. The molecule has 0 atom stereocenters. The Labute approximate surface area is 168 Å². The summed E-state index contributed by atoms with van der Waals surface area (Å²) >= 11 is 0. The Hall–Kier alpha value is -0.230. The quantitative estimate of drug-likeness (QED) is 0.166. The molecule has 0 saturated carbocycles. The first kappa shape index (κ1) is 28.0. The molecule has 0 amide bonds. The van der Waals surface area contributed by atoms with Gasteiger partial charge in [-0.05, 0) is 26.8 Å². The molecule has 0 aliphatic heterocycles. The Morgan fingerprint density at radius 1 is 1.08 bits per heavy atom. The maximum Gasteiger partial charge on any atom is 0.146 e. The van der Waals surface area contributed by atoms with Gasteiger partial charge in [0.1, 0.15) is 18.3 Å². The molecular formula is C19H38N2O3S2. The van der Waals surface area contributed by atoms with Gasteiger partial charge >= 0.3 is 0 Å². The summed E-state index contributed by atoms with van der Waals surface area (Å²) in [6.45, 7) is 9.93. The fourth-order valence-corrected chi connectivity index (χ4v) is 3.18. The Balaban J connectivity index is 0. The van der Waals surface area contributed by atoms with Gasteiger partial charge in [0.25, 0.3) is 0 Å². The van der Waals surface area contributed by atoms with Crippen molar-refractivity contribution in [2.24, 2.45) is 0 Å². The van der Waals surface area contributed by atoms with E-state index in [1.165, 1.54) is 6.42 Å². The second-order valence-corrected chi connectivity index (χ2v) is 7.96. The van der Waals surface area contributed by atoms with Crippen LogP contribution < -0.4 is 10.6 Å². The molecule has 0 spiro atoms. The SMILES string of the molecule is CC#CCOCCNCC(=O)CCCCOCSSCCNC.CCC. The average molecular weight is 407 g/mol. The third-order valence-electron chi connectivity index (χ3n) is 2.74. The number of Topliss-reactive ketones (excluding diaryl/α,β-unsaturated/α-hetero) is 1. The lowest BCUT2D eigenvalue weighted by molar-refractivity contribution is -0.118. The summed E-state index contributed by atoms with van der Waals surface area (Å²) < 4.78 is 10.8. The van der Waals surface area contributed by atoms with Crippen LogP contribution in [0, 0.1) is 11.8 Å². The first-order chi connectivity index (χ1) is 12.7. The predicted octanol–water partition coefficient (Wildman–Crippen LogP) is 3.35. The van der Waals surface area contributed by atoms with Crippen LogP contribution in [0.2, 0.25) is 0 Å². The topological polar surface area (TPSA) is 59.6 Å². The van der Waals surface area contributed by atoms with Crippen LogP contribution in [0.15, 0.2) is 0 Å². The lowest BCUT2D eigenvalue weighted by Gasteiger charge is -2.05. The lowest BCUT2D eigenvalue weighted by atomic mass is 10.2. The highest BCUT2D eigenvalue weighted by atomic mass is 33.1. The van der Waals surface area contributed by atoms with Gasteiger partial charge in [0, 0.05) is 31.9 Å². The molecule has 0 aliphatic carbocycles. The third kappa shape index (κ3) is 28.6. The molecule has 154 valence electrons. The Morgan fingerprint density at radius 3 is 2.54 bits per heavy atom. The van der Waals surface area contributed by atoms with E-state index >= 15 is 0 Å². The number of hydrogen-bond donors (Lipinski definition) is 2. The summed E-state index contributed by atoms with van der Waals surface area (Å²) in [5.74, 6) is 7.64. The molecule has 0 aromatic rings. The summed E-state index contributed by atoms with van der Waals surface area (Å²) in [6.07, 6.45) is 3.69. The maximum atomic E-state index is 11.6. The van der Waals surface area contributed by atoms with Gasteiger partial charge in [0.2, 0.25) is 0 Å². The van der Waals surface area contributed by atoms with Crippen molar-refractivity contribution < 1.29 is 14.3 Å². The summed E-state index contributed by atoms with van der Waals surface area (Å²) in [5, 5.41) is 6.18. The summed E-state index contributed by atoms with van der Waals surface area (Å²) in [4.78, 5) is 11.6. The molecule has 0 rings (SSSR count). The van der Waals surface area contributed by atoms with Gasteiger partial charge in [-0.1, -0.05) is 47.8 Å². The number of carbonyl (C=O) groups is 1. The molecule has 0 fully saturated rings. The number of ketones is 1. The van der Waals surface area contributed by atoms with E-state index in [2.05, 4.69) is 36.3 Å². The van der Waals surface area contributed by atoms with Crippen LogP contribution in [-0.4, -0.2) is 64.0 Å². The molecule has 0 radical (unpaired) electrons. The molecule has 0 unspecified atom stereocenters. The van der Waals surface area contributed by atoms with Crippen LogP contribution in [0.1, 0.15) is 46.5 Å². The number of hydrogen-bond acceptors (Lipinski definition) is 7. The number of nitrogens with one attached hydrogen (secondary N) is 2. The van der Waals surface area contributed by atoms with Crippen molar-refractivity contribution in [2.45, 2.75) is 46.5 Å². The molecule has 26 heavy (non-hydrogen) atoms. The fourth-order valence-electron chi connectivity index (χ4n) is 1.51. The Kier molecular flexibility index (Phi) is 29.1. The van der Waals surface area contributed by atoms with E-state index in [-0.39, 0.29) is 5.78 Å². The van der Waals surface area contributed by atoms with Crippen molar-refractivity contribution >= 4 is 27.4 Å². The largest absolute Gasteiger partial charge is 0.370 e. The van der Waals surface area contributed by atoms with E-state index in [0.29, 0.717) is 38.7 Å². The zero-order valence-corrected chi connectivity index (χ0v) is 18.7. The van der Waals surface area contributed by atoms with E-state index in [1.54, 1.807) is 17.7 Å². The first-order valence-corrected chi connectivity index (χ1v) is 11.9. The number of ether oxygens (including phenoxy) is 2. The molecule has 0 bridgehead atoms. The summed E-state index contributed by atoms with van der Waals surface area (Å²) in [5.41, 5.74) is 0. The van der Waals surface area contributed by atoms with E-state index in [0.717, 1.165) is 31.7 Å². The van der Waals surface area contributed by atoms with Crippen LogP contribution in [0.5, 0.6) is 0 Å². The normalized spacial score (nSPS) is 9.85. The van der Waals surface area contributed by atoms with Crippen molar-refractivity contribution in [3.8, 4) is 11.8 Å². The van der Waals surface area contributed by atoms with Crippen LogP contribution in [-0.2, 0) is 14.3 Å². The van der Waals surface area contributed by atoms with Crippen molar-refractivity contribution in [3.05, 3.63) is 0 Å². The Morgan fingerprint density at radius 2 is 1.85 bits per heavy atom. The van der Waals surface area contributed by atoms with E-state index < -0.39 is 0 Å². The Bertz CT molecular complexity index is 347. The monoisotopic (exact) mass is 406 g/mol. The molecule has 0 aliphatic rings. The molecule has 0 saturated heterocycles. The minimum Gasteiger partial charge on any atom is -0.370 e. The highest BCUT2D eigenvalue weighted by molar-refractivity contribution is 8.76. The fraction of sp³-hybridized carbons (Fsp3) is 0.842. The zero-order chi connectivity index (χ0) is 19.7. The summed E-state index contributed by atoms with van der Waals surface area (Å²) in [6, 6.07) is 0. The smallest absolute Gasteiger partial charge is 0.146 e. The lowest BCUT2D eigenvalue weighted by Crippen LogP contribution is -2.26. The van der Waals surface area contributed by atoms with Crippen LogP contribution in [0.3, 0.4) is 0 Å². The summed E-state index contributed by atoms with van der Waals surface area (Å²) in [7, 11) is 5.50. The second kappa shape index (κ2) is 27.0. The van der Waals surface area contributed by atoms with Gasteiger partial charge in [0.15, 0.2) is 0 Å². The zero-order valence-electron chi connectivity index (χ0n) is 17.0. The number of rotatable bonds is 17. The number of carbonyl (C=O) groups excluding carboxylic acids is 1. The van der Waals surface area contributed by atoms with E-state index in [9.17, 15) is 4.79 Å². The van der Waals surface area contributed by atoms with Crippen LogP contribution in [0.25, 0.3) is 0 Å². The highest BCUT2D eigenvalue weighted by Gasteiger charge is 2.01.